The summed E-state index contributed by atoms with van der Waals surface area (Å²) in [6, 6.07) is 17.2. The molecular formula is C80H122N12O16. The lowest BCUT2D eigenvalue weighted by Crippen LogP contribution is -2.60. The van der Waals surface area contributed by atoms with Crippen LogP contribution in [0, 0.1) is 35.5 Å². The number of carbonyl (C=O) groups excluding carboxylic acids is 12. The lowest BCUT2D eigenvalue weighted by molar-refractivity contribution is -0.149. The number of urea groups is 1. The molecule has 0 radical (unpaired) electrons. The van der Waals surface area contributed by atoms with Crippen LogP contribution in [0.25, 0.3) is 0 Å². The lowest BCUT2D eigenvalue weighted by Gasteiger charge is -2.41. The molecule has 12 atom stereocenters. The molecule has 3 aromatic carbocycles. The van der Waals surface area contributed by atoms with Crippen molar-refractivity contribution in [1.29, 1.82) is 0 Å². The van der Waals surface area contributed by atoms with E-state index in [-0.39, 0.29) is 110 Å². The van der Waals surface area contributed by atoms with E-state index in [1.165, 1.54) is 31.1 Å². The van der Waals surface area contributed by atoms with Gasteiger partial charge in [-0.15, -0.1) is 0 Å². The summed E-state index contributed by atoms with van der Waals surface area (Å²) in [7, 11) is 9.47. The van der Waals surface area contributed by atoms with Crippen LogP contribution in [0.1, 0.15) is 163 Å². The number of methoxy groups -OCH3 is 3. The zero-order chi connectivity index (χ0) is 80.1. The van der Waals surface area contributed by atoms with E-state index in [4.69, 9.17) is 24.7 Å². The number of likely N-dealkylation sites (tertiary alicyclic amines) is 2. The highest BCUT2D eigenvalue weighted by Crippen LogP contribution is 2.31. The zero-order valence-corrected chi connectivity index (χ0v) is 66.4. The number of anilines is 2. The van der Waals surface area contributed by atoms with Gasteiger partial charge in [-0.25, -0.2) is 14.4 Å². The number of amides is 12. The summed E-state index contributed by atoms with van der Waals surface area (Å²) in [4.78, 5) is 169. The predicted octanol–water partition coefficient (Wildman–Crippen LogP) is 7.28. The van der Waals surface area contributed by atoms with Crippen molar-refractivity contribution in [2.45, 2.75) is 220 Å². The van der Waals surface area contributed by atoms with Crippen LogP contribution >= 0.6 is 0 Å². The first kappa shape index (κ1) is 89.6. The van der Waals surface area contributed by atoms with E-state index < -0.39 is 96.2 Å². The second-order valence-corrected chi connectivity index (χ2v) is 29.9. The van der Waals surface area contributed by atoms with E-state index in [2.05, 4.69) is 31.9 Å². The van der Waals surface area contributed by atoms with Crippen LogP contribution in [0.15, 0.2) is 78.9 Å². The molecule has 8 N–H and O–H groups in total. The van der Waals surface area contributed by atoms with E-state index in [1.54, 1.807) is 88.0 Å². The molecule has 3 aromatic rings. The molecule has 28 heteroatoms. The van der Waals surface area contributed by atoms with Crippen LogP contribution in [0.5, 0.6) is 0 Å². The summed E-state index contributed by atoms with van der Waals surface area (Å²) >= 11 is 0. The molecule has 2 aliphatic rings. The number of unbranched alkanes of at least 4 members (excludes halogenated alkanes) is 3. The van der Waals surface area contributed by atoms with Crippen LogP contribution in [0.4, 0.5) is 21.0 Å². The number of imide groups is 1. The van der Waals surface area contributed by atoms with E-state index in [1.807, 2.05) is 96.0 Å². The number of ether oxygens (including phenoxy) is 4. The van der Waals surface area contributed by atoms with Gasteiger partial charge in [-0.3, -0.25) is 57.9 Å². The van der Waals surface area contributed by atoms with Crippen molar-refractivity contribution in [2.75, 3.05) is 78.9 Å². The van der Waals surface area contributed by atoms with Crippen molar-refractivity contribution in [3.05, 3.63) is 95.6 Å². The van der Waals surface area contributed by atoms with Gasteiger partial charge in [0.15, 0.2) is 0 Å². The summed E-state index contributed by atoms with van der Waals surface area (Å²) in [6.07, 6.45) is 3.59. The number of esters is 1. The van der Waals surface area contributed by atoms with Gasteiger partial charge in [0.05, 0.1) is 49.8 Å². The van der Waals surface area contributed by atoms with Crippen LogP contribution in [0.3, 0.4) is 0 Å². The van der Waals surface area contributed by atoms with Gasteiger partial charge in [-0.1, -0.05) is 137 Å². The van der Waals surface area contributed by atoms with Crippen LogP contribution in [0.2, 0.25) is 0 Å². The molecule has 2 saturated heterocycles. The monoisotopic (exact) mass is 1510 g/mol. The highest BCUT2D eigenvalue weighted by atomic mass is 16.6. The minimum absolute atomic E-state index is 0.0687. The minimum Gasteiger partial charge on any atom is -0.467 e. The molecule has 1 unspecified atom stereocenters. The fraction of sp³-hybridized carbons (Fsp3) is 0.625. The van der Waals surface area contributed by atoms with Crippen LogP contribution < -0.4 is 42.5 Å². The second kappa shape index (κ2) is 44.5. The van der Waals surface area contributed by atoms with Gasteiger partial charge in [0.1, 0.15) is 30.8 Å². The molecule has 5 rings (SSSR count). The van der Waals surface area contributed by atoms with Crippen molar-refractivity contribution in [1.82, 2.24) is 46.2 Å². The van der Waals surface area contributed by atoms with E-state index in [0.29, 0.717) is 94.4 Å². The maximum Gasteiger partial charge on any atom is 0.414 e. The average Bonchev–Trinajstić information content (AvgIpc) is 1.38. The Hall–Kier alpha value is -9.02. The first-order valence-corrected chi connectivity index (χ1v) is 38.2. The maximum atomic E-state index is 14.9. The quantitative estimate of drug-likeness (QED) is 0.0166. The highest BCUT2D eigenvalue weighted by molar-refractivity contribution is 6.03. The number of nitrogens with zero attached hydrogens (tertiary/aromatic N) is 5. The number of hydrogen-bond acceptors (Lipinski definition) is 17. The standard InChI is InChI=1S/C80H122N12O16/c1-17-52(8)70(63(105-14)47-66(95)91-43-26-30-62(91)71(106-15)54(10)72(96)85-61(78(102)107-16)46-56-27-20-18-21-28-56)90(13)77(101)68(50(4)5)87-75(99)69(51(6)7)88(11)44-40-55-34-38-59(39-35-55)89(12)80(104)108-48-57-32-36-58(37-33-57)83-73(97)60(29-23-24-41-82-79(81)103)84-74(98)67(49(2)3)86-64(93)31-22-19-25-42-92-65(94)45-53(9)76(92)100/h18,20-21,27-28,32-39,49-54,60-63,67-71H,17,19,22-26,29-31,40-48H2,1-16H3,(H,83,97)(H,84,98)(H,85,96)(H,86,93)(H,87,99)(H3,81,82,103)/t52-,53?,54+,60-,61-,62-,63+,67-,68-,69-,70-,71+/m0/s1. The topological polar surface area (TPSA) is 356 Å². The molecule has 2 heterocycles. The number of benzene rings is 3. The van der Waals surface area contributed by atoms with Crippen molar-refractivity contribution in [2.24, 2.45) is 41.2 Å². The molecule has 2 fully saturated rings. The molecule has 0 saturated carbocycles. The van der Waals surface area contributed by atoms with E-state index in [9.17, 15) is 57.5 Å². The van der Waals surface area contributed by atoms with Crippen molar-refractivity contribution in [3.63, 3.8) is 0 Å². The zero-order valence-electron chi connectivity index (χ0n) is 66.4. The van der Waals surface area contributed by atoms with Crippen LogP contribution in [-0.2, 0) is 86.3 Å². The van der Waals surface area contributed by atoms with Crippen molar-refractivity contribution < 1.29 is 76.5 Å². The van der Waals surface area contributed by atoms with Gasteiger partial charge in [0.2, 0.25) is 53.2 Å². The summed E-state index contributed by atoms with van der Waals surface area (Å²) in [5.74, 6) is -5.67. The first-order valence-electron chi connectivity index (χ1n) is 38.2. The third kappa shape index (κ3) is 26.7. The van der Waals surface area contributed by atoms with E-state index >= 15 is 0 Å². The second-order valence-electron chi connectivity index (χ2n) is 29.9. The molecule has 598 valence electrons. The number of primary amides is 1. The first-order chi connectivity index (χ1) is 51.3. The Kier molecular flexibility index (Phi) is 36.9. The van der Waals surface area contributed by atoms with Gasteiger partial charge in [-0.05, 0) is 123 Å². The minimum atomic E-state index is -1.03. The molecule has 0 aliphatic carbocycles. The summed E-state index contributed by atoms with van der Waals surface area (Å²) in [5.41, 5.74) is 8.62. The van der Waals surface area contributed by atoms with Gasteiger partial charge in [0, 0.05) is 91.0 Å². The van der Waals surface area contributed by atoms with Gasteiger partial charge >= 0.3 is 18.1 Å². The lowest BCUT2D eigenvalue weighted by atomic mass is 9.89. The fourth-order valence-corrected chi connectivity index (χ4v) is 14.2. The number of likely N-dealkylation sites (N-methyl/N-ethyl adjacent to an activating group) is 2. The molecule has 0 bridgehead atoms. The molecule has 108 heavy (non-hydrogen) atoms. The average molecular weight is 1510 g/mol. The summed E-state index contributed by atoms with van der Waals surface area (Å²) < 4.78 is 22.9. The van der Waals surface area contributed by atoms with Crippen molar-refractivity contribution >= 4 is 82.6 Å². The number of nitrogens with two attached hydrogens (primary N) is 1. The summed E-state index contributed by atoms with van der Waals surface area (Å²) in [5, 5.41) is 17.0. The molecule has 0 aromatic heterocycles. The SMILES string of the molecule is CC[C@H](C)[C@@H]([C@@H](CC(=O)N1CCC[C@H]1[C@H](OC)[C@@H](C)C(=O)N[C@@H](Cc1ccccc1)C(=O)OC)OC)N(C)C(=O)[C@@H](NC(=O)[C@H](C(C)C)N(C)CCc1ccc(N(C)C(=O)OCc2ccc(NC(=O)[C@H](CCCCNC(N)=O)NC(=O)[C@@H](NC(=O)CCCCCN3C(=O)CC(C)C3=O)C(C)C)cc2)cc1)C(C)C. The predicted molar refractivity (Wildman–Crippen MR) is 411 cm³/mol. The maximum absolute atomic E-state index is 14.9. The smallest absolute Gasteiger partial charge is 0.414 e. The Morgan fingerprint density at radius 3 is 1.91 bits per heavy atom. The normalized spacial score (nSPS) is 17.2. The number of carbonyl (C=O) groups is 12. The largest absolute Gasteiger partial charge is 0.467 e. The van der Waals surface area contributed by atoms with Gasteiger partial charge < -0.3 is 66.4 Å². The van der Waals surface area contributed by atoms with Gasteiger partial charge in [0.25, 0.3) is 0 Å². The third-order valence-corrected chi connectivity index (χ3v) is 20.8. The third-order valence-electron chi connectivity index (χ3n) is 20.8. The number of nitrogens with one attached hydrogen (secondary N) is 6. The number of rotatable bonds is 44. The van der Waals surface area contributed by atoms with Crippen molar-refractivity contribution in [3.8, 4) is 0 Å². The Morgan fingerprint density at radius 1 is 0.676 bits per heavy atom. The molecule has 28 nitrogen and oxygen atoms in total. The van der Waals surface area contributed by atoms with E-state index in [0.717, 1.165) is 11.1 Å². The fourth-order valence-electron chi connectivity index (χ4n) is 14.2. The molecule has 0 spiro atoms. The Morgan fingerprint density at radius 2 is 1.32 bits per heavy atom. The molecule has 12 amide bonds. The molecule has 2 aliphatic heterocycles. The Labute approximate surface area is 638 Å². The Balaban J connectivity index is 1.13. The molecular weight excluding hydrogens is 1380 g/mol. The van der Waals surface area contributed by atoms with Gasteiger partial charge in [-0.2, -0.15) is 0 Å². The summed E-state index contributed by atoms with van der Waals surface area (Å²) in [6.45, 7) is 20.1. The number of hydrogen-bond donors (Lipinski definition) is 7. The van der Waals surface area contributed by atoms with Crippen LogP contribution in [-0.4, -0.2) is 214 Å². The Bertz CT molecular complexity index is 3450. The highest BCUT2D eigenvalue weighted by Gasteiger charge is 2.44.